The van der Waals surface area contributed by atoms with Crippen LogP contribution in [0, 0.1) is 6.92 Å². The molecule has 0 spiro atoms. The number of carbonyl (C=O) groups excluding carboxylic acids is 2. The van der Waals surface area contributed by atoms with Crippen LogP contribution in [0.3, 0.4) is 0 Å². The quantitative estimate of drug-likeness (QED) is 0.658. The fourth-order valence-electron chi connectivity index (χ4n) is 2.32. The zero-order valence-electron chi connectivity index (χ0n) is 16.2. The second-order valence-corrected chi connectivity index (χ2v) is 8.42. The molecule has 2 rings (SSSR count). The minimum Gasteiger partial charge on any atom is -0.460 e. The smallest absolute Gasteiger partial charge is 0.344 e. The average molecular weight is 405 g/mol. The molecular formula is C20H23NO6S. The van der Waals surface area contributed by atoms with E-state index in [0.29, 0.717) is 5.69 Å². The first-order valence-corrected chi connectivity index (χ1v) is 10.1. The molecular weight excluding hydrogens is 382 g/mol. The number of benzene rings is 2. The van der Waals surface area contributed by atoms with Crippen molar-refractivity contribution in [3.05, 3.63) is 59.7 Å². The van der Waals surface area contributed by atoms with Crippen molar-refractivity contribution in [1.82, 2.24) is 0 Å². The SMILES string of the molecule is Cc1ccc(S(=O)(=O)N(C)c2ccc(C(=O)OCC(=O)OC(C)C)cc2)cc1. The van der Waals surface area contributed by atoms with Crippen LogP contribution >= 0.6 is 0 Å². The van der Waals surface area contributed by atoms with E-state index in [4.69, 9.17) is 9.47 Å². The first-order valence-electron chi connectivity index (χ1n) is 8.63. The van der Waals surface area contributed by atoms with E-state index in [2.05, 4.69) is 0 Å². The molecule has 0 aromatic heterocycles. The van der Waals surface area contributed by atoms with Gasteiger partial charge < -0.3 is 9.47 Å². The Morgan fingerprint density at radius 2 is 1.57 bits per heavy atom. The zero-order valence-corrected chi connectivity index (χ0v) is 17.0. The lowest BCUT2D eigenvalue weighted by Crippen LogP contribution is -2.26. The summed E-state index contributed by atoms with van der Waals surface area (Å²) in [6, 6.07) is 12.4. The van der Waals surface area contributed by atoms with E-state index in [1.807, 2.05) is 6.92 Å². The van der Waals surface area contributed by atoms with Crippen molar-refractivity contribution in [2.24, 2.45) is 0 Å². The number of anilines is 1. The Bertz CT molecular complexity index is 934. The Kier molecular flexibility index (Phi) is 6.80. The van der Waals surface area contributed by atoms with Gasteiger partial charge in [-0.25, -0.2) is 18.0 Å². The fourth-order valence-corrected chi connectivity index (χ4v) is 3.51. The standard InChI is InChI=1S/C20H23NO6S/c1-14(2)27-19(22)13-26-20(23)16-7-9-17(10-8-16)21(4)28(24,25)18-11-5-15(3)6-12-18/h5-12,14H,13H2,1-4H3. The van der Waals surface area contributed by atoms with Gasteiger partial charge in [0.2, 0.25) is 0 Å². The number of hydrogen-bond donors (Lipinski definition) is 0. The van der Waals surface area contributed by atoms with Crippen LogP contribution in [0.1, 0.15) is 29.8 Å². The maximum Gasteiger partial charge on any atom is 0.344 e. The molecule has 2 aromatic carbocycles. The number of hydrogen-bond acceptors (Lipinski definition) is 6. The van der Waals surface area contributed by atoms with Crippen LogP contribution < -0.4 is 4.31 Å². The molecule has 0 aliphatic heterocycles. The molecule has 0 aliphatic rings. The number of nitrogens with zero attached hydrogens (tertiary/aromatic N) is 1. The Morgan fingerprint density at radius 3 is 2.11 bits per heavy atom. The lowest BCUT2D eigenvalue weighted by molar-refractivity contribution is -0.150. The van der Waals surface area contributed by atoms with Gasteiger partial charge in [-0.05, 0) is 57.2 Å². The van der Waals surface area contributed by atoms with Crippen LogP contribution in [0.15, 0.2) is 53.4 Å². The molecule has 150 valence electrons. The van der Waals surface area contributed by atoms with Gasteiger partial charge in [-0.3, -0.25) is 4.31 Å². The third-order valence-electron chi connectivity index (χ3n) is 3.83. The number of aryl methyl sites for hydroxylation is 1. The Labute approximate surface area is 164 Å². The lowest BCUT2D eigenvalue weighted by Gasteiger charge is -2.19. The maximum atomic E-state index is 12.7. The van der Waals surface area contributed by atoms with Crippen LogP contribution in [0.25, 0.3) is 0 Å². The minimum atomic E-state index is -3.72. The van der Waals surface area contributed by atoms with Crippen molar-refractivity contribution in [2.45, 2.75) is 31.8 Å². The van der Waals surface area contributed by atoms with Crippen molar-refractivity contribution in [1.29, 1.82) is 0 Å². The summed E-state index contributed by atoms with van der Waals surface area (Å²) >= 11 is 0. The number of esters is 2. The maximum absolute atomic E-state index is 12.7. The molecule has 0 unspecified atom stereocenters. The molecule has 0 N–H and O–H groups in total. The van der Waals surface area contributed by atoms with Crippen molar-refractivity contribution < 1.29 is 27.5 Å². The molecule has 7 nitrogen and oxygen atoms in total. The highest BCUT2D eigenvalue weighted by molar-refractivity contribution is 7.92. The van der Waals surface area contributed by atoms with Gasteiger partial charge in [0, 0.05) is 7.05 Å². The van der Waals surface area contributed by atoms with Gasteiger partial charge in [0.15, 0.2) is 6.61 Å². The van der Waals surface area contributed by atoms with Gasteiger partial charge in [-0.15, -0.1) is 0 Å². The molecule has 0 aliphatic carbocycles. The lowest BCUT2D eigenvalue weighted by atomic mass is 10.2. The van der Waals surface area contributed by atoms with E-state index in [-0.39, 0.29) is 16.6 Å². The second kappa shape index (κ2) is 8.88. The van der Waals surface area contributed by atoms with E-state index in [9.17, 15) is 18.0 Å². The zero-order chi connectivity index (χ0) is 20.9. The van der Waals surface area contributed by atoms with Gasteiger partial charge in [0.1, 0.15) is 0 Å². The Hall–Kier alpha value is -2.87. The minimum absolute atomic E-state index is 0.174. The topological polar surface area (TPSA) is 90.0 Å². The van der Waals surface area contributed by atoms with E-state index in [0.717, 1.165) is 9.87 Å². The average Bonchev–Trinajstić information content (AvgIpc) is 2.65. The molecule has 0 saturated carbocycles. The first-order chi connectivity index (χ1) is 13.1. The van der Waals surface area contributed by atoms with Gasteiger partial charge in [-0.1, -0.05) is 17.7 Å². The molecule has 28 heavy (non-hydrogen) atoms. The third-order valence-corrected chi connectivity index (χ3v) is 5.63. The number of sulfonamides is 1. The Balaban J connectivity index is 2.07. The number of ether oxygens (including phenoxy) is 2. The molecule has 2 aromatic rings. The first kappa shape index (κ1) is 21.4. The highest BCUT2D eigenvalue weighted by atomic mass is 32.2. The van der Waals surface area contributed by atoms with Crippen LogP contribution in [-0.2, 0) is 24.3 Å². The third kappa shape index (κ3) is 5.32. The normalized spacial score (nSPS) is 11.2. The molecule has 0 heterocycles. The van der Waals surface area contributed by atoms with Crippen molar-refractivity contribution in [3.63, 3.8) is 0 Å². The molecule has 0 radical (unpaired) electrons. The summed E-state index contributed by atoms with van der Waals surface area (Å²) in [6.07, 6.45) is -0.295. The van der Waals surface area contributed by atoms with Crippen LogP contribution in [0.2, 0.25) is 0 Å². The van der Waals surface area contributed by atoms with Gasteiger partial charge in [0.05, 0.1) is 22.3 Å². The number of carbonyl (C=O) groups is 2. The van der Waals surface area contributed by atoms with E-state index < -0.39 is 28.6 Å². The monoisotopic (exact) mass is 405 g/mol. The van der Waals surface area contributed by atoms with Crippen molar-refractivity contribution in [2.75, 3.05) is 18.0 Å². The summed E-state index contributed by atoms with van der Waals surface area (Å²) in [4.78, 5) is 23.6. The molecule has 0 atom stereocenters. The summed E-state index contributed by atoms with van der Waals surface area (Å²) in [6.45, 7) is 4.78. The fraction of sp³-hybridized carbons (Fsp3) is 0.300. The largest absolute Gasteiger partial charge is 0.460 e. The summed E-state index contributed by atoms with van der Waals surface area (Å²) in [5, 5.41) is 0. The van der Waals surface area contributed by atoms with Gasteiger partial charge >= 0.3 is 11.9 Å². The van der Waals surface area contributed by atoms with Crippen LogP contribution in [-0.4, -0.2) is 40.1 Å². The van der Waals surface area contributed by atoms with Crippen LogP contribution in [0.5, 0.6) is 0 Å². The highest BCUT2D eigenvalue weighted by Crippen LogP contribution is 2.23. The number of rotatable bonds is 7. The summed E-state index contributed by atoms with van der Waals surface area (Å²) in [5.74, 6) is -1.33. The molecule has 8 heteroatoms. The van der Waals surface area contributed by atoms with Crippen molar-refractivity contribution >= 4 is 27.6 Å². The van der Waals surface area contributed by atoms with E-state index in [1.54, 1.807) is 38.1 Å². The molecule has 0 bridgehead atoms. The summed E-state index contributed by atoms with van der Waals surface area (Å²) < 4.78 is 36.3. The summed E-state index contributed by atoms with van der Waals surface area (Å²) in [5.41, 5.74) is 1.54. The Morgan fingerprint density at radius 1 is 1.00 bits per heavy atom. The summed E-state index contributed by atoms with van der Waals surface area (Å²) in [7, 11) is -2.28. The van der Waals surface area contributed by atoms with Crippen LogP contribution in [0.4, 0.5) is 5.69 Å². The highest BCUT2D eigenvalue weighted by Gasteiger charge is 2.21. The van der Waals surface area contributed by atoms with E-state index in [1.165, 1.54) is 31.3 Å². The second-order valence-electron chi connectivity index (χ2n) is 6.45. The predicted octanol–water partition coefficient (Wildman–Crippen LogP) is 2.93. The van der Waals surface area contributed by atoms with Gasteiger partial charge in [-0.2, -0.15) is 0 Å². The van der Waals surface area contributed by atoms with E-state index >= 15 is 0 Å². The molecule has 0 amide bonds. The predicted molar refractivity (Wildman–Crippen MR) is 105 cm³/mol. The molecule has 0 saturated heterocycles. The van der Waals surface area contributed by atoms with Gasteiger partial charge in [0.25, 0.3) is 10.0 Å². The van der Waals surface area contributed by atoms with Crippen molar-refractivity contribution in [3.8, 4) is 0 Å². The molecule has 0 fully saturated rings.